The molecule has 0 rings (SSSR count). The van der Waals surface area contributed by atoms with Crippen molar-refractivity contribution in [1.82, 2.24) is 5.32 Å². The van der Waals surface area contributed by atoms with Gasteiger partial charge in [0.2, 0.25) is 0 Å². The summed E-state index contributed by atoms with van der Waals surface area (Å²) in [7, 11) is 0. The molecule has 0 spiro atoms. The number of rotatable bonds is 2. The Morgan fingerprint density at radius 1 is 1.83 bits per heavy atom. The van der Waals surface area contributed by atoms with Crippen LogP contribution in [0.4, 0.5) is 0 Å². The third-order valence-corrected chi connectivity index (χ3v) is 0.640. The van der Waals surface area contributed by atoms with Crippen LogP contribution in [0.5, 0.6) is 0 Å². The van der Waals surface area contributed by atoms with E-state index < -0.39 is 0 Å². The molecule has 0 bridgehead atoms. The van der Waals surface area contributed by atoms with Gasteiger partial charge in [-0.3, -0.25) is 0 Å². The molecule has 0 radical (unpaired) electrons. The van der Waals surface area contributed by atoms with E-state index in [1.165, 1.54) is 0 Å². The van der Waals surface area contributed by atoms with Gasteiger partial charge in [-0.05, 0) is 13.5 Å². The predicted molar refractivity (Wildman–Crippen MR) is 29.0 cm³/mol. The summed E-state index contributed by atoms with van der Waals surface area (Å²) in [6.45, 7) is 4.88. The van der Waals surface area contributed by atoms with Gasteiger partial charge in [0.15, 0.2) is 0 Å². The minimum absolute atomic E-state index is 0.120. The first kappa shape index (κ1) is 6.25. The van der Waals surface area contributed by atoms with Gasteiger partial charge in [-0.2, -0.15) is 0 Å². The molecule has 0 aromatic carbocycles. The van der Waals surface area contributed by atoms with Crippen LogP contribution in [0, 0.1) is 0 Å². The molecular weight excluding hydrogens is 97.5 g/mol. The zero-order chi connectivity index (χ0) is 4.99. The highest BCUT2D eigenvalue weighted by atomic mass is 35.5. The van der Waals surface area contributed by atoms with Gasteiger partial charge in [0.1, 0.15) is 0 Å². The van der Waals surface area contributed by atoms with Gasteiger partial charge in [0.05, 0.1) is 5.50 Å². The van der Waals surface area contributed by atoms with Crippen LogP contribution in [-0.4, -0.2) is 12.0 Å². The van der Waals surface area contributed by atoms with Gasteiger partial charge < -0.3 is 5.32 Å². The minimum atomic E-state index is 0.120. The SMILES string of the molecule is CCNC(C)Cl. The fourth-order valence-corrected chi connectivity index (χ4v) is 0.436. The molecule has 1 atom stereocenters. The molecule has 0 aliphatic carbocycles. The topological polar surface area (TPSA) is 12.0 Å². The monoisotopic (exact) mass is 107 g/mol. The summed E-state index contributed by atoms with van der Waals surface area (Å²) in [4.78, 5) is 0. The average Bonchev–Trinajstić information content (AvgIpc) is 1.35. The third-order valence-electron chi connectivity index (χ3n) is 0.485. The molecule has 0 aliphatic heterocycles. The molecule has 1 unspecified atom stereocenters. The lowest BCUT2D eigenvalue weighted by Crippen LogP contribution is -2.18. The fraction of sp³-hybridized carbons (Fsp3) is 1.00. The van der Waals surface area contributed by atoms with E-state index >= 15 is 0 Å². The van der Waals surface area contributed by atoms with Crippen molar-refractivity contribution in [2.45, 2.75) is 19.3 Å². The van der Waals surface area contributed by atoms with E-state index in [9.17, 15) is 0 Å². The maximum atomic E-state index is 5.47. The first-order valence-corrected chi connectivity index (χ1v) is 2.58. The standard InChI is InChI=1S/C4H10ClN/c1-3-6-4(2)5/h4,6H,3H2,1-2H3. The van der Waals surface area contributed by atoms with E-state index in [1.807, 2.05) is 13.8 Å². The zero-order valence-electron chi connectivity index (χ0n) is 4.16. The van der Waals surface area contributed by atoms with Crippen molar-refractivity contribution < 1.29 is 0 Å². The van der Waals surface area contributed by atoms with Gasteiger partial charge >= 0.3 is 0 Å². The van der Waals surface area contributed by atoms with Crippen molar-refractivity contribution in [1.29, 1.82) is 0 Å². The van der Waals surface area contributed by atoms with Crippen molar-refractivity contribution in [3.8, 4) is 0 Å². The second kappa shape index (κ2) is 3.44. The van der Waals surface area contributed by atoms with Gasteiger partial charge in [0, 0.05) is 0 Å². The highest BCUT2D eigenvalue weighted by molar-refractivity contribution is 6.20. The molecule has 0 saturated heterocycles. The second-order valence-corrected chi connectivity index (χ2v) is 1.83. The third kappa shape index (κ3) is 4.25. The summed E-state index contributed by atoms with van der Waals surface area (Å²) < 4.78 is 0. The number of alkyl halides is 1. The number of hydrogen-bond donors (Lipinski definition) is 1. The highest BCUT2D eigenvalue weighted by Crippen LogP contribution is 1.82. The van der Waals surface area contributed by atoms with Gasteiger partial charge in [-0.1, -0.05) is 6.92 Å². The van der Waals surface area contributed by atoms with E-state index in [-0.39, 0.29) is 5.50 Å². The summed E-state index contributed by atoms with van der Waals surface area (Å²) in [6, 6.07) is 0. The lowest BCUT2D eigenvalue weighted by molar-refractivity contribution is 0.712. The van der Waals surface area contributed by atoms with E-state index in [2.05, 4.69) is 5.32 Å². The summed E-state index contributed by atoms with van der Waals surface area (Å²) in [5.41, 5.74) is 0.120. The molecule has 0 aromatic rings. The van der Waals surface area contributed by atoms with Crippen LogP contribution in [0.15, 0.2) is 0 Å². The van der Waals surface area contributed by atoms with Gasteiger partial charge in [-0.25, -0.2) is 0 Å². The molecule has 2 heteroatoms. The largest absolute Gasteiger partial charge is 0.302 e. The van der Waals surface area contributed by atoms with Crippen molar-refractivity contribution in [2.24, 2.45) is 0 Å². The molecule has 0 saturated carbocycles. The molecule has 0 aliphatic rings. The lowest BCUT2D eigenvalue weighted by Gasteiger charge is -1.98. The molecule has 38 valence electrons. The Hall–Kier alpha value is 0.250. The molecule has 1 N–H and O–H groups in total. The van der Waals surface area contributed by atoms with Crippen LogP contribution in [-0.2, 0) is 0 Å². The first-order valence-electron chi connectivity index (χ1n) is 2.14. The molecular formula is C4H10ClN. The molecule has 0 fully saturated rings. The zero-order valence-corrected chi connectivity index (χ0v) is 4.92. The summed E-state index contributed by atoms with van der Waals surface area (Å²) in [5, 5.41) is 2.97. The maximum Gasteiger partial charge on any atom is 0.0796 e. The van der Waals surface area contributed by atoms with E-state index in [0.717, 1.165) is 6.54 Å². The first-order chi connectivity index (χ1) is 2.77. The minimum Gasteiger partial charge on any atom is -0.302 e. The summed E-state index contributed by atoms with van der Waals surface area (Å²) in [6.07, 6.45) is 0. The summed E-state index contributed by atoms with van der Waals surface area (Å²) in [5.74, 6) is 0. The Balaban J connectivity index is 2.63. The molecule has 0 amide bonds. The van der Waals surface area contributed by atoms with Crippen LogP contribution in [0.1, 0.15) is 13.8 Å². The van der Waals surface area contributed by atoms with Crippen LogP contribution >= 0.6 is 11.6 Å². The quantitative estimate of drug-likeness (QED) is 0.413. The highest BCUT2D eigenvalue weighted by Gasteiger charge is 1.85. The van der Waals surface area contributed by atoms with E-state index in [0.29, 0.717) is 0 Å². The van der Waals surface area contributed by atoms with Crippen molar-refractivity contribution in [3.63, 3.8) is 0 Å². The van der Waals surface area contributed by atoms with Crippen molar-refractivity contribution in [2.75, 3.05) is 6.54 Å². The number of nitrogens with one attached hydrogen (secondary N) is 1. The average molecular weight is 108 g/mol. The predicted octanol–water partition coefficient (Wildman–Crippen LogP) is 1.18. The summed E-state index contributed by atoms with van der Waals surface area (Å²) >= 11 is 5.47. The number of halogens is 1. The lowest BCUT2D eigenvalue weighted by atomic mass is 10.7. The Morgan fingerprint density at radius 3 is 2.33 bits per heavy atom. The number of hydrogen-bond acceptors (Lipinski definition) is 1. The Kier molecular flexibility index (Phi) is 3.58. The maximum absolute atomic E-state index is 5.47. The van der Waals surface area contributed by atoms with E-state index in [1.54, 1.807) is 0 Å². The van der Waals surface area contributed by atoms with Crippen LogP contribution in [0.25, 0.3) is 0 Å². The second-order valence-electron chi connectivity index (χ2n) is 1.17. The Morgan fingerprint density at radius 2 is 2.33 bits per heavy atom. The fourth-order valence-electron chi connectivity index (χ4n) is 0.281. The molecule has 0 heterocycles. The van der Waals surface area contributed by atoms with Crippen molar-refractivity contribution >= 4 is 11.6 Å². The van der Waals surface area contributed by atoms with Crippen molar-refractivity contribution in [3.05, 3.63) is 0 Å². The van der Waals surface area contributed by atoms with Crippen LogP contribution < -0.4 is 5.32 Å². The van der Waals surface area contributed by atoms with Gasteiger partial charge in [-0.15, -0.1) is 11.6 Å². The Labute approximate surface area is 43.7 Å². The Bertz CT molecular complexity index is 28.7. The van der Waals surface area contributed by atoms with Crippen LogP contribution in [0.3, 0.4) is 0 Å². The normalized spacial score (nSPS) is 14.5. The smallest absolute Gasteiger partial charge is 0.0796 e. The van der Waals surface area contributed by atoms with Crippen LogP contribution in [0.2, 0.25) is 0 Å². The molecule has 1 nitrogen and oxygen atoms in total. The molecule has 0 aromatic heterocycles. The molecule has 6 heavy (non-hydrogen) atoms. The van der Waals surface area contributed by atoms with Gasteiger partial charge in [0.25, 0.3) is 0 Å². The van der Waals surface area contributed by atoms with E-state index in [4.69, 9.17) is 11.6 Å².